The number of ether oxygens (including phenoxy) is 1. The minimum Gasteiger partial charge on any atom is -0.379 e. The van der Waals surface area contributed by atoms with E-state index >= 15 is 0 Å². The average Bonchev–Trinajstić information content (AvgIpc) is 3.06. The molecular formula is C14H22BrClN2OS. The predicted molar refractivity (Wildman–Crippen MR) is 89.8 cm³/mol. The summed E-state index contributed by atoms with van der Waals surface area (Å²) in [5, 5.41) is 9.60. The zero-order valence-corrected chi connectivity index (χ0v) is 14.7. The van der Waals surface area contributed by atoms with E-state index in [9.17, 15) is 0 Å². The quantitative estimate of drug-likeness (QED) is 0.840. The summed E-state index contributed by atoms with van der Waals surface area (Å²) in [5.41, 5.74) is 1.38. The van der Waals surface area contributed by atoms with Crippen molar-refractivity contribution in [2.45, 2.75) is 37.9 Å². The molecule has 1 aromatic heterocycles. The summed E-state index contributed by atoms with van der Waals surface area (Å²) in [6, 6.07) is 3.39. The molecule has 3 unspecified atom stereocenters. The molecule has 0 aromatic carbocycles. The Morgan fingerprint density at radius 1 is 1.45 bits per heavy atom. The predicted octanol–water partition coefficient (Wildman–Crippen LogP) is 3.18. The lowest BCUT2D eigenvalue weighted by Gasteiger charge is -2.33. The summed E-state index contributed by atoms with van der Waals surface area (Å²) < 4.78 is 6.83. The summed E-state index contributed by atoms with van der Waals surface area (Å²) in [5.74, 6) is 0.724. The van der Waals surface area contributed by atoms with Crippen LogP contribution in [0.5, 0.6) is 0 Å². The normalized spacial score (nSPS) is 30.1. The van der Waals surface area contributed by atoms with E-state index in [1.165, 1.54) is 28.6 Å². The molecular weight excluding hydrogens is 360 g/mol. The number of nitrogens with one attached hydrogen (secondary N) is 2. The second-order valence-corrected chi connectivity index (χ2v) is 7.77. The van der Waals surface area contributed by atoms with Crippen molar-refractivity contribution < 1.29 is 4.74 Å². The van der Waals surface area contributed by atoms with E-state index in [-0.39, 0.29) is 12.4 Å². The monoisotopic (exact) mass is 380 g/mol. The van der Waals surface area contributed by atoms with E-state index in [1.807, 2.05) is 0 Å². The molecule has 0 amide bonds. The van der Waals surface area contributed by atoms with Gasteiger partial charge in [0.1, 0.15) is 0 Å². The number of morpholine rings is 1. The second kappa shape index (κ2) is 8.11. The van der Waals surface area contributed by atoms with Crippen molar-refractivity contribution in [3.05, 3.63) is 20.8 Å². The van der Waals surface area contributed by atoms with Crippen molar-refractivity contribution in [3.8, 4) is 0 Å². The maximum absolute atomic E-state index is 5.61. The molecule has 2 fully saturated rings. The van der Waals surface area contributed by atoms with Gasteiger partial charge >= 0.3 is 0 Å². The van der Waals surface area contributed by atoms with E-state index in [4.69, 9.17) is 4.74 Å². The van der Waals surface area contributed by atoms with E-state index in [0.717, 1.165) is 32.2 Å². The zero-order valence-electron chi connectivity index (χ0n) is 11.4. The minimum absolute atomic E-state index is 0. The van der Waals surface area contributed by atoms with Gasteiger partial charge in [-0.15, -0.1) is 23.7 Å². The van der Waals surface area contributed by atoms with Crippen LogP contribution in [0.2, 0.25) is 0 Å². The molecule has 1 aromatic rings. The maximum atomic E-state index is 5.61. The van der Waals surface area contributed by atoms with E-state index in [0.29, 0.717) is 12.1 Å². The molecule has 0 bridgehead atoms. The van der Waals surface area contributed by atoms with Gasteiger partial charge in [0.25, 0.3) is 0 Å². The second-order valence-electron chi connectivity index (χ2n) is 5.48. The molecule has 114 valence electrons. The first-order valence-electron chi connectivity index (χ1n) is 7.10. The van der Waals surface area contributed by atoms with Crippen LogP contribution >= 0.6 is 39.7 Å². The molecule has 1 saturated carbocycles. The van der Waals surface area contributed by atoms with Crippen molar-refractivity contribution in [2.75, 3.05) is 19.8 Å². The van der Waals surface area contributed by atoms with Gasteiger partial charge in [0.2, 0.25) is 0 Å². The van der Waals surface area contributed by atoms with Gasteiger partial charge in [-0.2, -0.15) is 0 Å². The molecule has 0 radical (unpaired) electrons. The third-order valence-corrected chi connectivity index (χ3v) is 5.78. The number of thiophene rings is 1. The van der Waals surface area contributed by atoms with Crippen LogP contribution in [-0.4, -0.2) is 31.8 Å². The number of rotatable bonds is 4. The first kappa shape index (κ1) is 16.7. The highest BCUT2D eigenvalue weighted by Gasteiger charge is 2.34. The van der Waals surface area contributed by atoms with Crippen LogP contribution in [0.25, 0.3) is 0 Å². The van der Waals surface area contributed by atoms with Gasteiger partial charge in [0.15, 0.2) is 0 Å². The highest BCUT2D eigenvalue weighted by atomic mass is 79.9. The van der Waals surface area contributed by atoms with Crippen molar-refractivity contribution in [1.82, 2.24) is 10.6 Å². The first-order chi connectivity index (χ1) is 9.33. The Balaban J connectivity index is 0.00000147. The van der Waals surface area contributed by atoms with Gasteiger partial charge in [-0.1, -0.05) is 6.42 Å². The highest BCUT2D eigenvalue weighted by Crippen LogP contribution is 2.30. The van der Waals surface area contributed by atoms with Crippen molar-refractivity contribution in [1.29, 1.82) is 0 Å². The van der Waals surface area contributed by atoms with Crippen LogP contribution in [0.4, 0.5) is 0 Å². The van der Waals surface area contributed by atoms with Gasteiger partial charge in [-0.05, 0) is 51.7 Å². The van der Waals surface area contributed by atoms with Gasteiger partial charge in [-0.3, -0.25) is 0 Å². The zero-order chi connectivity index (χ0) is 13.1. The molecule has 0 spiro atoms. The molecule has 20 heavy (non-hydrogen) atoms. The molecule has 1 aliphatic carbocycles. The SMILES string of the molecule is Brc1cc(CNC2CCCC2C2COCCN2)cs1.Cl. The molecule has 3 nitrogen and oxygen atoms in total. The minimum atomic E-state index is 0. The fraction of sp³-hybridized carbons (Fsp3) is 0.714. The third kappa shape index (κ3) is 4.18. The summed E-state index contributed by atoms with van der Waals surface area (Å²) in [4.78, 5) is 0. The lowest BCUT2D eigenvalue weighted by Crippen LogP contribution is -2.50. The Bertz CT molecular complexity index is 412. The summed E-state index contributed by atoms with van der Waals surface area (Å²) >= 11 is 5.28. The first-order valence-corrected chi connectivity index (χ1v) is 8.77. The van der Waals surface area contributed by atoms with Gasteiger partial charge < -0.3 is 15.4 Å². The molecule has 6 heteroatoms. The largest absolute Gasteiger partial charge is 0.379 e. The Kier molecular flexibility index (Phi) is 6.78. The van der Waals surface area contributed by atoms with Gasteiger partial charge in [0.05, 0.1) is 17.0 Å². The van der Waals surface area contributed by atoms with Crippen molar-refractivity contribution >= 4 is 39.7 Å². The van der Waals surface area contributed by atoms with Crippen molar-refractivity contribution in [3.63, 3.8) is 0 Å². The maximum Gasteiger partial charge on any atom is 0.0701 e. The van der Waals surface area contributed by atoms with Crippen LogP contribution in [0.1, 0.15) is 24.8 Å². The van der Waals surface area contributed by atoms with Crippen LogP contribution in [0.15, 0.2) is 15.2 Å². The lowest BCUT2D eigenvalue weighted by molar-refractivity contribution is 0.0524. The fourth-order valence-electron chi connectivity index (χ4n) is 3.27. The van der Waals surface area contributed by atoms with E-state index in [1.54, 1.807) is 11.3 Å². The molecule has 3 atom stereocenters. The third-order valence-electron chi connectivity index (χ3n) is 4.23. The standard InChI is InChI=1S/C14H21BrN2OS.ClH/c15-14-6-10(9-19-14)7-17-12-3-1-2-11(12)13-8-18-5-4-16-13;/h6,9,11-13,16-17H,1-5,7-8H2;1H. The lowest BCUT2D eigenvalue weighted by atomic mass is 9.94. The highest BCUT2D eigenvalue weighted by molar-refractivity contribution is 9.11. The number of hydrogen-bond donors (Lipinski definition) is 2. The van der Waals surface area contributed by atoms with E-state index in [2.05, 4.69) is 38.0 Å². The number of hydrogen-bond acceptors (Lipinski definition) is 4. The number of halogens is 2. The molecule has 2 heterocycles. The molecule has 2 aliphatic rings. The summed E-state index contributed by atoms with van der Waals surface area (Å²) in [7, 11) is 0. The topological polar surface area (TPSA) is 33.3 Å². The molecule has 1 saturated heterocycles. The Hall–Kier alpha value is 0.350. The molecule has 2 N–H and O–H groups in total. The van der Waals surface area contributed by atoms with Crippen LogP contribution in [0.3, 0.4) is 0 Å². The Morgan fingerprint density at radius 2 is 2.35 bits per heavy atom. The van der Waals surface area contributed by atoms with E-state index < -0.39 is 0 Å². The Morgan fingerprint density at radius 3 is 3.05 bits per heavy atom. The fourth-order valence-corrected chi connectivity index (χ4v) is 4.48. The Labute approximate surface area is 139 Å². The van der Waals surface area contributed by atoms with Crippen LogP contribution < -0.4 is 10.6 Å². The van der Waals surface area contributed by atoms with Crippen LogP contribution in [-0.2, 0) is 11.3 Å². The van der Waals surface area contributed by atoms with Crippen LogP contribution in [0, 0.1) is 5.92 Å². The molecule has 1 aliphatic heterocycles. The molecule has 3 rings (SSSR count). The average molecular weight is 382 g/mol. The summed E-state index contributed by atoms with van der Waals surface area (Å²) in [6.45, 7) is 3.74. The smallest absolute Gasteiger partial charge is 0.0701 e. The van der Waals surface area contributed by atoms with Gasteiger partial charge in [0, 0.05) is 25.2 Å². The summed E-state index contributed by atoms with van der Waals surface area (Å²) in [6.07, 6.45) is 3.97. The van der Waals surface area contributed by atoms with Gasteiger partial charge in [-0.25, -0.2) is 0 Å². The van der Waals surface area contributed by atoms with Crippen molar-refractivity contribution in [2.24, 2.45) is 5.92 Å².